The van der Waals surface area contributed by atoms with Crippen LogP contribution < -0.4 is 16.3 Å². The van der Waals surface area contributed by atoms with Crippen LogP contribution in [0.5, 0.6) is 0 Å². The molecule has 2 heterocycles. The van der Waals surface area contributed by atoms with E-state index < -0.39 is 5.63 Å². The molecule has 0 radical (unpaired) electrons. The Kier molecular flexibility index (Phi) is 4.04. The number of hydrogen-bond donors (Lipinski definition) is 2. The van der Waals surface area contributed by atoms with Gasteiger partial charge < -0.3 is 15.1 Å². The highest BCUT2D eigenvalue weighted by Gasteiger charge is 2.31. The van der Waals surface area contributed by atoms with E-state index >= 15 is 0 Å². The largest absolute Gasteiger partial charge is 0.430 e. The summed E-state index contributed by atoms with van der Waals surface area (Å²) in [6, 6.07) is 2.99. The van der Waals surface area contributed by atoms with Crippen molar-refractivity contribution < 1.29 is 9.21 Å². The second-order valence-corrected chi connectivity index (χ2v) is 5.65. The molecule has 2 rings (SSSR count). The first kappa shape index (κ1) is 13.8. The molecule has 0 saturated carbocycles. The normalized spacial score (nSPS) is 21.9. The molecule has 5 nitrogen and oxygen atoms in total. The number of amides is 1. The standard InChI is InChI=1S/C14H20N2O3/c1-14(2)6-3-7-15-11(14)8-16-13(18)10-4-5-12(17)19-9-10/h4-5,9,11,15H,3,6-8H2,1-2H3,(H,16,18). The van der Waals surface area contributed by atoms with Gasteiger partial charge in [-0.3, -0.25) is 4.79 Å². The SMILES string of the molecule is CC1(C)CCCNC1CNC(=O)c1ccc(=O)oc1. The van der Waals surface area contributed by atoms with Crippen LogP contribution in [0.2, 0.25) is 0 Å². The van der Waals surface area contributed by atoms with Crippen LogP contribution in [0.4, 0.5) is 0 Å². The molecule has 0 aliphatic carbocycles. The molecule has 19 heavy (non-hydrogen) atoms. The summed E-state index contributed by atoms with van der Waals surface area (Å²) in [5.41, 5.74) is 0.0919. The van der Waals surface area contributed by atoms with Gasteiger partial charge in [0.15, 0.2) is 0 Å². The predicted molar refractivity (Wildman–Crippen MR) is 72.1 cm³/mol. The Morgan fingerprint density at radius 1 is 1.53 bits per heavy atom. The number of carbonyl (C=O) groups excluding carboxylic acids is 1. The van der Waals surface area contributed by atoms with Crippen LogP contribution in [0, 0.1) is 5.41 Å². The molecule has 1 fully saturated rings. The molecule has 1 aromatic rings. The van der Waals surface area contributed by atoms with Crippen molar-refractivity contribution in [2.24, 2.45) is 5.41 Å². The highest BCUT2D eigenvalue weighted by molar-refractivity contribution is 5.93. The Morgan fingerprint density at radius 2 is 2.32 bits per heavy atom. The third kappa shape index (κ3) is 3.44. The van der Waals surface area contributed by atoms with E-state index in [1.165, 1.54) is 24.8 Å². The quantitative estimate of drug-likeness (QED) is 0.859. The highest BCUT2D eigenvalue weighted by Crippen LogP contribution is 2.29. The van der Waals surface area contributed by atoms with E-state index in [9.17, 15) is 9.59 Å². The van der Waals surface area contributed by atoms with Crippen LogP contribution in [0.1, 0.15) is 37.0 Å². The maximum Gasteiger partial charge on any atom is 0.335 e. The zero-order valence-corrected chi connectivity index (χ0v) is 11.4. The van der Waals surface area contributed by atoms with Crippen molar-refractivity contribution in [2.45, 2.75) is 32.7 Å². The molecule has 1 aromatic heterocycles. The summed E-state index contributed by atoms with van der Waals surface area (Å²) >= 11 is 0. The summed E-state index contributed by atoms with van der Waals surface area (Å²) in [6.07, 6.45) is 3.51. The molecule has 2 N–H and O–H groups in total. The summed E-state index contributed by atoms with van der Waals surface area (Å²) < 4.78 is 4.68. The van der Waals surface area contributed by atoms with Crippen molar-refractivity contribution in [2.75, 3.05) is 13.1 Å². The maximum absolute atomic E-state index is 11.9. The Bertz CT molecular complexity index is 487. The van der Waals surface area contributed by atoms with E-state index in [-0.39, 0.29) is 17.4 Å². The minimum atomic E-state index is -0.452. The summed E-state index contributed by atoms with van der Waals surface area (Å²) in [5, 5.41) is 6.32. The van der Waals surface area contributed by atoms with E-state index in [1.807, 2.05) is 0 Å². The average molecular weight is 264 g/mol. The lowest BCUT2D eigenvalue weighted by Gasteiger charge is -2.39. The smallest absolute Gasteiger partial charge is 0.335 e. The number of nitrogens with one attached hydrogen (secondary N) is 2. The van der Waals surface area contributed by atoms with E-state index in [0.29, 0.717) is 12.1 Å². The summed E-state index contributed by atoms with van der Waals surface area (Å²) in [5.74, 6) is -0.216. The van der Waals surface area contributed by atoms with Gasteiger partial charge in [0, 0.05) is 18.7 Å². The minimum absolute atomic E-state index is 0.175. The highest BCUT2D eigenvalue weighted by atomic mass is 16.4. The lowest BCUT2D eigenvalue weighted by atomic mass is 9.77. The predicted octanol–water partition coefficient (Wildman–Crippen LogP) is 1.15. The molecule has 1 amide bonds. The summed E-state index contributed by atoms with van der Waals surface area (Å²) in [6.45, 7) is 5.98. The third-order valence-electron chi connectivity index (χ3n) is 3.76. The maximum atomic E-state index is 11.9. The van der Waals surface area contributed by atoms with E-state index in [2.05, 4.69) is 28.9 Å². The van der Waals surface area contributed by atoms with Crippen molar-refractivity contribution >= 4 is 5.91 Å². The van der Waals surface area contributed by atoms with E-state index in [4.69, 9.17) is 0 Å². The number of hydrogen-bond acceptors (Lipinski definition) is 4. The average Bonchev–Trinajstić information content (AvgIpc) is 2.37. The zero-order valence-electron chi connectivity index (χ0n) is 11.4. The zero-order chi connectivity index (χ0) is 13.9. The molecule has 1 saturated heterocycles. The van der Waals surface area contributed by atoms with Crippen molar-refractivity contribution in [1.29, 1.82) is 0 Å². The molecule has 0 bridgehead atoms. The first-order valence-corrected chi connectivity index (χ1v) is 6.59. The molecule has 5 heteroatoms. The van der Waals surface area contributed by atoms with Crippen LogP contribution in [0.3, 0.4) is 0 Å². The molecule has 0 spiro atoms. The molecule has 0 aromatic carbocycles. The van der Waals surface area contributed by atoms with Gasteiger partial charge in [-0.15, -0.1) is 0 Å². The van der Waals surface area contributed by atoms with E-state index in [1.54, 1.807) is 0 Å². The fraction of sp³-hybridized carbons (Fsp3) is 0.571. The number of rotatable bonds is 3. The van der Waals surface area contributed by atoms with Crippen molar-refractivity contribution in [1.82, 2.24) is 10.6 Å². The molecular formula is C14H20N2O3. The fourth-order valence-corrected chi connectivity index (χ4v) is 2.40. The van der Waals surface area contributed by atoms with Gasteiger partial charge in [-0.25, -0.2) is 4.79 Å². The van der Waals surface area contributed by atoms with Crippen molar-refractivity contribution in [3.05, 3.63) is 34.4 Å². The van der Waals surface area contributed by atoms with Gasteiger partial charge in [0.05, 0.1) is 5.56 Å². The van der Waals surface area contributed by atoms with Gasteiger partial charge >= 0.3 is 5.63 Å². The Hall–Kier alpha value is -1.62. The number of piperidine rings is 1. The molecule has 1 aliphatic rings. The summed E-state index contributed by atoms with van der Waals surface area (Å²) in [7, 11) is 0. The fourth-order valence-electron chi connectivity index (χ4n) is 2.40. The third-order valence-corrected chi connectivity index (χ3v) is 3.76. The monoisotopic (exact) mass is 264 g/mol. The van der Waals surface area contributed by atoms with Gasteiger partial charge in [-0.2, -0.15) is 0 Å². The van der Waals surface area contributed by atoms with Gasteiger partial charge in [0.25, 0.3) is 5.91 Å². The van der Waals surface area contributed by atoms with Crippen LogP contribution >= 0.6 is 0 Å². The lowest BCUT2D eigenvalue weighted by Crippen LogP contribution is -2.52. The second kappa shape index (κ2) is 5.57. The molecular weight excluding hydrogens is 244 g/mol. The van der Waals surface area contributed by atoms with Gasteiger partial charge in [-0.1, -0.05) is 13.8 Å². The Balaban J connectivity index is 1.93. The molecule has 1 atom stereocenters. The van der Waals surface area contributed by atoms with Crippen LogP contribution in [0.15, 0.2) is 27.6 Å². The van der Waals surface area contributed by atoms with Crippen LogP contribution in [-0.2, 0) is 0 Å². The van der Waals surface area contributed by atoms with Gasteiger partial charge in [0.1, 0.15) is 6.26 Å². The Morgan fingerprint density at radius 3 is 2.95 bits per heavy atom. The van der Waals surface area contributed by atoms with Crippen molar-refractivity contribution in [3.63, 3.8) is 0 Å². The van der Waals surface area contributed by atoms with Crippen LogP contribution in [0.25, 0.3) is 0 Å². The van der Waals surface area contributed by atoms with Gasteiger partial charge in [0.2, 0.25) is 0 Å². The van der Waals surface area contributed by atoms with E-state index in [0.717, 1.165) is 13.0 Å². The Labute approximate surface area is 112 Å². The molecule has 1 unspecified atom stereocenters. The molecule has 104 valence electrons. The first-order valence-electron chi connectivity index (χ1n) is 6.59. The first-order chi connectivity index (χ1) is 8.99. The second-order valence-electron chi connectivity index (χ2n) is 5.65. The summed E-state index contributed by atoms with van der Waals surface area (Å²) in [4.78, 5) is 22.7. The minimum Gasteiger partial charge on any atom is -0.430 e. The van der Waals surface area contributed by atoms with Gasteiger partial charge in [-0.05, 0) is 30.9 Å². The van der Waals surface area contributed by atoms with Crippen molar-refractivity contribution in [3.8, 4) is 0 Å². The number of carbonyl (C=O) groups is 1. The topological polar surface area (TPSA) is 71.3 Å². The lowest BCUT2D eigenvalue weighted by molar-refractivity contribution is 0.0926. The van der Waals surface area contributed by atoms with Crippen LogP contribution in [-0.4, -0.2) is 25.0 Å². The molecule has 1 aliphatic heterocycles.